The van der Waals surface area contributed by atoms with E-state index in [1.54, 1.807) is 35.0 Å². The molecule has 1 amide bonds. The van der Waals surface area contributed by atoms with Crippen molar-refractivity contribution in [2.45, 2.75) is 88.6 Å². The van der Waals surface area contributed by atoms with Crippen LogP contribution in [0.3, 0.4) is 0 Å². The molecule has 2 aromatic rings. The topological polar surface area (TPSA) is 102 Å². The van der Waals surface area contributed by atoms with E-state index in [0.717, 1.165) is 35.1 Å². The van der Waals surface area contributed by atoms with E-state index in [9.17, 15) is 9.59 Å². The van der Waals surface area contributed by atoms with Crippen molar-refractivity contribution in [2.24, 2.45) is 5.92 Å². The number of amides is 1. The molecule has 5 rings (SSSR count). The Kier molecular flexibility index (Phi) is 8.67. The van der Waals surface area contributed by atoms with Crippen LogP contribution in [0.2, 0.25) is 0 Å². The zero-order chi connectivity index (χ0) is 30.1. The van der Waals surface area contributed by atoms with Gasteiger partial charge in [-0.25, -0.2) is 9.59 Å². The number of methoxy groups -OCH3 is 2. The van der Waals surface area contributed by atoms with Gasteiger partial charge in [0.2, 0.25) is 11.6 Å². The van der Waals surface area contributed by atoms with Gasteiger partial charge in [0.1, 0.15) is 18.2 Å². The fourth-order valence-corrected chi connectivity index (χ4v) is 6.56. The molecule has 2 aromatic carbocycles. The van der Waals surface area contributed by atoms with Crippen LogP contribution in [0.5, 0.6) is 0 Å². The second kappa shape index (κ2) is 12.0. The molecule has 9 heteroatoms. The van der Waals surface area contributed by atoms with Crippen LogP contribution in [0, 0.1) is 5.92 Å². The molecule has 5 atom stereocenters. The molecule has 1 aliphatic heterocycles. The molecule has 228 valence electrons. The van der Waals surface area contributed by atoms with Gasteiger partial charge in [-0.05, 0) is 55.9 Å². The number of benzene rings is 2. The lowest BCUT2D eigenvalue weighted by atomic mass is 9.84. The Morgan fingerprint density at radius 2 is 1.52 bits per heavy atom. The van der Waals surface area contributed by atoms with Gasteiger partial charge in [-0.15, -0.1) is 0 Å². The number of rotatable bonds is 8. The van der Waals surface area contributed by atoms with Crippen LogP contribution in [-0.4, -0.2) is 68.8 Å². The second-order valence-electron chi connectivity index (χ2n) is 12.4. The van der Waals surface area contributed by atoms with Crippen molar-refractivity contribution in [1.82, 2.24) is 5.32 Å². The van der Waals surface area contributed by atoms with Gasteiger partial charge in [-0.1, -0.05) is 55.5 Å². The maximum Gasteiger partial charge on any atom is 0.407 e. The van der Waals surface area contributed by atoms with E-state index in [2.05, 4.69) is 29.6 Å². The number of carbonyl (C=O) groups is 2. The molecule has 0 radical (unpaired) electrons. The highest BCUT2D eigenvalue weighted by molar-refractivity contribution is 5.82. The zero-order valence-corrected chi connectivity index (χ0v) is 25.4. The summed E-state index contributed by atoms with van der Waals surface area (Å²) in [4.78, 5) is 26.8. The third kappa shape index (κ3) is 5.67. The molecule has 9 nitrogen and oxygen atoms in total. The minimum atomic E-state index is -1.13. The molecular weight excluding hydrogens is 538 g/mol. The fraction of sp³-hybridized carbons (Fsp3) is 0.576. The van der Waals surface area contributed by atoms with Crippen LogP contribution in [0.1, 0.15) is 70.4 Å². The van der Waals surface area contributed by atoms with Crippen LogP contribution in [-0.2, 0) is 33.2 Å². The lowest BCUT2D eigenvalue weighted by molar-refractivity contribution is -0.457. The number of ether oxygens (including phenoxy) is 6. The Hall–Kier alpha value is -2.98. The third-order valence-electron chi connectivity index (χ3n) is 8.71. The summed E-state index contributed by atoms with van der Waals surface area (Å²) in [5, 5.41) is 2.79. The van der Waals surface area contributed by atoms with Crippen LogP contribution < -0.4 is 5.32 Å². The fourth-order valence-electron chi connectivity index (χ4n) is 6.56. The van der Waals surface area contributed by atoms with Gasteiger partial charge in [-0.2, -0.15) is 0 Å². The van der Waals surface area contributed by atoms with Crippen LogP contribution in [0.4, 0.5) is 4.79 Å². The second-order valence-corrected chi connectivity index (χ2v) is 12.4. The molecule has 1 N–H and O–H groups in total. The first-order chi connectivity index (χ1) is 20.0. The van der Waals surface area contributed by atoms with E-state index in [0.29, 0.717) is 12.8 Å². The van der Waals surface area contributed by atoms with E-state index >= 15 is 0 Å². The van der Waals surface area contributed by atoms with Gasteiger partial charge in [0, 0.05) is 38.9 Å². The average Bonchev–Trinajstić information content (AvgIpc) is 3.30. The first-order valence-corrected chi connectivity index (χ1v) is 14.8. The van der Waals surface area contributed by atoms with Crippen molar-refractivity contribution in [3.05, 3.63) is 59.7 Å². The minimum absolute atomic E-state index is 0.106. The largest absolute Gasteiger partial charge is 0.458 e. The van der Waals surface area contributed by atoms with Gasteiger partial charge in [0.05, 0.1) is 12.7 Å². The van der Waals surface area contributed by atoms with E-state index in [-0.39, 0.29) is 19.1 Å². The molecular formula is C33H43NO8. The monoisotopic (exact) mass is 581 g/mol. The zero-order valence-electron chi connectivity index (χ0n) is 25.4. The van der Waals surface area contributed by atoms with Crippen molar-refractivity contribution >= 4 is 12.1 Å². The number of carbonyl (C=O) groups excluding carboxylic acids is 2. The molecule has 1 saturated heterocycles. The van der Waals surface area contributed by atoms with E-state index in [1.807, 2.05) is 31.2 Å². The standard InChI is InChI=1S/C33H43NO8/c1-21(27-20-40-32(37-5)17-11-12-18-33(32,38-6)41-27)28(29(35)42-31(2,3)4)34-30(36)39-19-26-24-15-9-7-13-22(24)23-14-8-10-16-25(23)26/h7-10,13-16,21,26-28H,11-12,17-20H2,1-6H3,(H,34,36)/t21-,27-,28-,32?,33?/m0/s1. The van der Waals surface area contributed by atoms with E-state index in [1.165, 1.54) is 0 Å². The van der Waals surface area contributed by atoms with Gasteiger partial charge in [-0.3, -0.25) is 0 Å². The molecule has 42 heavy (non-hydrogen) atoms. The smallest absolute Gasteiger partial charge is 0.407 e. The summed E-state index contributed by atoms with van der Waals surface area (Å²) in [5.41, 5.74) is 3.73. The number of nitrogens with one attached hydrogen (secondary N) is 1. The highest BCUT2D eigenvalue weighted by Crippen LogP contribution is 2.48. The molecule has 2 aliphatic carbocycles. The van der Waals surface area contributed by atoms with Gasteiger partial charge >= 0.3 is 12.1 Å². The molecule has 1 saturated carbocycles. The molecule has 0 aromatic heterocycles. The molecule has 2 fully saturated rings. The van der Waals surface area contributed by atoms with Crippen LogP contribution >= 0.6 is 0 Å². The highest BCUT2D eigenvalue weighted by atomic mass is 16.8. The Labute approximate surface area is 248 Å². The number of alkyl carbamates (subject to hydrolysis) is 1. The Morgan fingerprint density at radius 1 is 0.952 bits per heavy atom. The quantitative estimate of drug-likeness (QED) is 0.405. The summed E-state index contributed by atoms with van der Waals surface area (Å²) >= 11 is 0. The lowest BCUT2D eigenvalue weighted by Gasteiger charge is -2.55. The molecule has 1 heterocycles. The number of hydrogen-bond donors (Lipinski definition) is 1. The Bertz CT molecular complexity index is 1250. The predicted molar refractivity (Wildman–Crippen MR) is 156 cm³/mol. The summed E-state index contributed by atoms with van der Waals surface area (Å²) in [6.07, 6.45) is 1.73. The maximum atomic E-state index is 13.5. The van der Waals surface area contributed by atoms with Crippen LogP contribution in [0.15, 0.2) is 48.5 Å². The molecule has 3 aliphatic rings. The normalized spacial score (nSPS) is 26.8. The summed E-state index contributed by atoms with van der Waals surface area (Å²) in [6.45, 7) is 7.48. The molecule has 0 bridgehead atoms. The Morgan fingerprint density at radius 3 is 2.10 bits per heavy atom. The van der Waals surface area contributed by atoms with Gasteiger partial charge in [0.15, 0.2) is 0 Å². The lowest BCUT2D eigenvalue weighted by Crippen LogP contribution is -2.68. The Balaban J connectivity index is 1.32. The van der Waals surface area contributed by atoms with Gasteiger partial charge in [0.25, 0.3) is 0 Å². The first-order valence-electron chi connectivity index (χ1n) is 14.8. The third-order valence-corrected chi connectivity index (χ3v) is 8.71. The summed E-state index contributed by atoms with van der Waals surface area (Å²) in [6, 6.07) is 15.2. The summed E-state index contributed by atoms with van der Waals surface area (Å²) in [7, 11) is 3.17. The maximum absolute atomic E-state index is 13.5. The molecule has 2 unspecified atom stereocenters. The number of esters is 1. The van der Waals surface area contributed by atoms with Gasteiger partial charge < -0.3 is 33.7 Å². The van der Waals surface area contributed by atoms with Crippen LogP contribution in [0.25, 0.3) is 11.1 Å². The number of fused-ring (bicyclic) bond motifs is 4. The van der Waals surface area contributed by atoms with E-state index < -0.39 is 47.3 Å². The van der Waals surface area contributed by atoms with Crippen molar-refractivity contribution in [3.63, 3.8) is 0 Å². The SMILES string of the molecule is COC12CCCCC1(OC)O[C@H]([C@H](C)[C@H](NC(=O)OCC1c3ccccc3-c3ccccc31)C(=O)OC(C)(C)C)CO2. The van der Waals surface area contributed by atoms with Crippen molar-refractivity contribution < 1.29 is 38.0 Å². The number of hydrogen-bond acceptors (Lipinski definition) is 8. The average molecular weight is 582 g/mol. The first kappa shape index (κ1) is 30.5. The van der Waals surface area contributed by atoms with Crippen molar-refractivity contribution in [1.29, 1.82) is 0 Å². The van der Waals surface area contributed by atoms with Crippen molar-refractivity contribution in [2.75, 3.05) is 27.4 Å². The summed E-state index contributed by atoms with van der Waals surface area (Å²) in [5.74, 6) is -3.38. The van der Waals surface area contributed by atoms with E-state index in [4.69, 9.17) is 28.4 Å². The molecule has 0 spiro atoms. The predicted octanol–water partition coefficient (Wildman–Crippen LogP) is 5.55. The van der Waals surface area contributed by atoms with Crippen molar-refractivity contribution in [3.8, 4) is 11.1 Å². The summed E-state index contributed by atoms with van der Waals surface area (Å²) < 4.78 is 36.1. The minimum Gasteiger partial charge on any atom is -0.458 e. The highest BCUT2D eigenvalue weighted by Gasteiger charge is 2.61.